The highest BCUT2D eigenvalue weighted by atomic mass is 32.1. The Kier molecular flexibility index (Phi) is 5.00. The summed E-state index contributed by atoms with van der Waals surface area (Å²) < 4.78 is 13.3. The number of anilines is 1. The molecule has 0 aliphatic rings. The average molecular weight is 294 g/mol. The molecule has 0 fully saturated rings. The van der Waals surface area contributed by atoms with Crippen molar-refractivity contribution in [3.05, 3.63) is 40.2 Å². The van der Waals surface area contributed by atoms with Crippen LogP contribution >= 0.6 is 11.3 Å². The van der Waals surface area contributed by atoms with E-state index in [2.05, 4.69) is 20.6 Å². The summed E-state index contributed by atoms with van der Waals surface area (Å²) in [5.74, 6) is -0.515. The van der Waals surface area contributed by atoms with E-state index >= 15 is 0 Å². The molecule has 0 bridgehead atoms. The van der Waals surface area contributed by atoms with Crippen LogP contribution in [0.25, 0.3) is 0 Å². The van der Waals surface area contributed by atoms with Crippen molar-refractivity contribution in [2.24, 2.45) is 0 Å². The molecule has 0 saturated carbocycles. The maximum absolute atomic E-state index is 13.3. The molecule has 0 unspecified atom stereocenters. The van der Waals surface area contributed by atoms with Crippen LogP contribution in [0, 0.1) is 5.82 Å². The van der Waals surface area contributed by atoms with Crippen molar-refractivity contribution in [3.63, 3.8) is 0 Å². The van der Waals surface area contributed by atoms with Crippen LogP contribution in [0.1, 0.15) is 29.4 Å². The third-order valence-electron chi connectivity index (χ3n) is 2.55. The van der Waals surface area contributed by atoms with Crippen LogP contribution in [0.15, 0.2) is 23.2 Å². The Morgan fingerprint density at radius 3 is 3.00 bits per heavy atom. The largest absolute Gasteiger partial charge is 0.369 e. The fourth-order valence-corrected chi connectivity index (χ4v) is 2.15. The summed E-state index contributed by atoms with van der Waals surface area (Å²) in [6.07, 6.45) is 1.98. The van der Waals surface area contributed by atoms with Gasteiger partial charge in [-0.25, -0.2) is 14.4 Å². The summed E-state index contributed by atoms with van der Waals surface area (Å²) >= 11 is 1.46. The highest BCUT2D eigenvalue weighted by Gasteiger charge is 2.14. The highest BCUT2D eigenvalue weighted by Crippen LogP contribution is 2.14. The zero-order valence-corrected chi connectivity index (χ0v) is 11.8. The van der Waals surface area contributed by atoms with E-state index in [9.17, 15) is 9.18 Å². The van der Waals surface area contributed by atoms with E-state index in [1.165, 1.54) is 17.4 Å². The third-order valence-corrected chi connectivity index (χ3v) is 3.19. The number of carbonyl (C=O) groups is 1. The van der Waals surface area contributed by atoms with Gasteiger partial charge >= 0.3 is 0 Å². The number of hydrogen-bond donors (Lipinski definition) is 2. The summed E-state index contributed by atoms with van der Waals surface area (Å²) in [6, 6.07) is 1.18. The second kappa shape index (κ2) is 6.95. The van der Waals surface area contributed by atoms with Gasteiger partial charge in [-0.1, -0.05) is 6.92 Å². The van der Waals surface area contributed by atoms with Gasteiger partial charge < -0.3 is 10.6 Å². The second-order valence-electron chi connectivity index (χ2n) is 4.14. The molecule has 0 aliphatic heterocycles. The maximum Gasteiger partial charge on any atom is 0.255 e. The molecule has 2 heterocycles. The molecule has 20 heavy (non-hydrogen) atoms. The number of rotatable bonds is 6. The van der Waals surface area contributed by atoms with Gasteiger partial charge in [0.25, 0.3) is 5.91 Å². The summed E-state index contributed by atoms with van der Waals surface area (Å²) in [4.78, 5) is 20.1. The lowest BCUT2D eigenvalue weighted by Crippen LogP contribution is -2.24. The molecular formula is C13H15FN4OS. The number of amides is 1. The first-order valence-corrected chi connectivity index (χ1v) is 7.19. The van der Waals surface area contributed by atoms with E-state index in [-0.39, 0.29) is 11.5 Å². The predicted octanol–water partition coefficient (Wildman–Crippen LogP) is 2.43. The molecule has 0 atom stereocenters. The van der Waals surface area contributed by atoms with Crippen LogP contribution in [0.5, 0.6) is 0 Å². The highest BCUT2D eigenvalue weighted by molar-refractivity contribution is 7.07. The van der Waals surface area contributed by atoms with Crippen molar-refractivity contribution in [1.29, 1.82) is 0 Å². The lowest BCUT2D eigenvalue weighted by atomic mass is 10.2. The Hall–Kier alpha value is -2.02. The van der Waals surface area contributed by atoms with Gasteiger partial charge in [0.05, 0.1) is 29.5 Å². The minimum absolute atomic E-state index is 0.202. The van der Waals surface area contributed by atoms with Gasteiger partial charge in [-0.05, 0) is 12.5 Å². The first-order chi connectivity index (χ1) is 9.70. The molecule has 2 N–H and O–H groups in total. The van der Waals surface area contributed by atoms with Gasteiger partial charge in [-0.15, -0.1) is 11.3 Å². The lowest BCUT2D eigenvalue weighted by molar-refractivity contribution is 0.0950. The standard InChI is InChI=1S/C13H15FN4OS/c1-2-3-15-12-11(4-9(14)5-16-12)13(19)17-6-10-7-20-8-18-10/h4-5,7-8H,2-3,6H2,1H3,(H,15,16)(H,17,19). The molecule has 2 aromatic rings. The van der Waals surface area contributed by atoms with E-state index in [1.807, 2.05) is 12.3 Å². The predicted molar refractivity (Wildman–Crippen MR) is 76.3 cm³/mol. The number of thiazole rings is 1. The van der Waals surface area contributed by atoms with E-state index in [0.717, 1.165) is 18.3 Å². The fourth-order valence-electron chi connectivity index (χ4n) is 1.59. The monoisotopic (exact) mass is 294 g/mol. The molecule has 1 amide bonds. The van der Waals surface area contributed by atoms with Gasteiger partial charge in [-0.3, -0.25) is 4.79 Å². The van der Waals surface area contributed by atoms with Crippen LogP contribution in [-0.4, -0.2) is 22.4 Å². The Morgan fingerprint density at radius 2 is 2.30 bits per heavy atom. The Bertz CT molecular complexity index is 574. The van der Waals surface area contributed by atoms with Crippen LogP contribution in [0.2, 0.25) is 0 Å². The number of halogens is 1. The molecule has 106 valence electrons. The molecule has 2 rings (SSSR count). The quantitative estimate of drug-likeness (QED) is 0.858. The number of carbonyl (C=O) groups excluding carboxylic acids is 1. The molecule has 0 spiro atoms. The summed E-state index contributed by atoms with van der Waals surface area (Å²) in [7, 11) is 0. The number of aromatic nitrogens is 2. The first kappa shape index (κ1) is 14.4. The van der Waals surface area contributed by atoms with Gasteiger partial charge in [-0.2, -0.15) is 0 Å². The minimum atomic E-state index is -0.536. The molecule has 0 aliphatic carbocycles. The lowest BCUT2D eigenvalue weighted by Gasteiger charge is -2.10. The summed E-state index contributed by atoms with van der Waals surface area (Å²) in [6.45, 7) is 2.98. The van der Waals surface area contributed by atoms with Gasteiger partial charge in [0.2, 0.25) is 0 Å². The molecule has 7 heteroatoms. The van der Waals surface area contributed by atoms with E-state index in [1.54, 1.807) is 5.51 Å². The van der Waals surface area contributed by atoms with Crippen molar-refractivity contribution in [3.8, 4) is 0 Å². The Labute approximate surface area is 120 Å². The molecule has 0 aromatic carbocycles. The van der Waals surface area contributed by atoms with Gasteiger partial charge in [0, 0.05) is 11.9 Å². The molecule has 0 saturated heterocycles. The van der Waals surface area contributed by atoms with Gasteiger partial charge in [0.15, 0.2) is 0 Å². The average Bonchev–Trinajstić information content (AvgIpc) is 2.96. The van der Waals surface area contributed by atoms with Crippen molar-refractivity contribution in [1.82, 2.24) is 15.3 Å². The number of nitrogens with one attached hydrogen (secondary N) is 2. The Balaban J connectivity index is 2.08. The number of pyridine rings is 1. The smallest absolute Gasteiger partial charge is 0.255 e. The SMILES string of the molecule is CCCNc1ncc(F)cc1C(=O)NCc1cscn1. The minimum Gasteiger partial charge on any atom is -0.369 e. The zero-order chi connectivity index (χ0) is 14.4. The van der Waals surface area contributed by atoms with E-state index in [4.69, 9.17) is 0 Å². The van der Waals surface area contributed by atoms with Crippen LogP contribution < -0.4 is 10.6 Å². The van der Waals surface area contributed by atoms with E-state index in [0.29, 0.717) is 18.9 Å². The molecule has 5 nitrogen and oxygen atoms in total. The van der Waals surface area contributed by atoms with Gasteiger partial charge in [0.1, 0.15) is 11.6 Å². The molecule has 2 aromatic heterocycles. The zero-order valence-electron chi connectivity index (χ0n) is 11.0. The van der Waals surface area contributed by atoms with Crippen molar-refractivity contribution >= 4 is 23.1 Å². The maximum atomic E-state index is 13.3. The normalized spacial score (nSPS) is 10.3. The summed E-state index contributed by atoms with van der Waals surface area (Å²) in [5.41, 5.74) is 2.67. The van der Waals surface area contributed by atoms with E-state index < -0.39 is 5.82 Å². The first-order valence-electron chi connectivity index (χ1n) is 6.25. The second-order valence-corrected chi connectivity index (χ2v) is 4.86. The number of nitrogens with zero attached hydrogens (tertiary/aromatic N) is 2. The topological polar surface area (TPSA) is 66.9 Å². The summed E-state index contributed by atoms with van der Waals surface area (Å²) in [5, 5.41) is 7.56. The van der Waals surface area contributed by atoms with Crippen LogP contribution in [-0.2, 0) is 6.54 Å². The van der Waals surface area contributed by atoms with Crippen molar-refractivity contribution in [2.45, 2.75) is 19.9 Å². The molecular weight excluding hydrogens is 279 g/mol. The molecule has 0 radical (unpaired) electrons. The van der Waals surface area contributed by atoms with Crippen molar-refractivity contribution in [2.75, 3.05) is 11.9 Å². The fraction of sp³-hybridized carbons (Fsp3) is 0.308. The number of hydrogen-bond acceptors (Lipinski definition) is 5. The third kappa shape index (κ3) is 3.74. The van der Waals surface area contributed by atoms with Crippen LogP contribution in [0.4, 0.5) is 10.2 Å². The van der Waals surface area contributed by atoms with Crippen LogP contribution in [0.3, 0.4) is 0 Å². The van der Waals surface area contributed by atoms with Crippen molar-refractivity contribution < 1.29 is 9.18 Å². The Morgan fingerprint density at radius 1 is 1.45 bits per heavy atom.